The number of aliphatic hydroxyl groups excluding tert-OH is 1. The highest BCUT2D eigenvalue weighted by Crippen LogP contribution is 2.48. The number of nitrogens with one attached hydrogen (secondary N) is 1. The van der Waals surface area contributed by atoms with Gasteiger partial charge in [0.1, 0.15) is 18.1 Å². The standard InChI is InChI=1S/C31H36ClN3O3/c1-5-20(2)38-29-18-28-30(25-9-7-6-8-24(25)29)21(12-13-32)19-35(28)31(36)27-17-22-16-23(10-11-26(22)33-27)37-15-14-34(3)4/h6-13,16-18,20-21,31,33,36H,5,14-15,19H2,1-4H3/b13-12-. The van der Waals surface area contributed by atoms with Crippen molar-refractivity contribution in [1.82, 2.24) is 9.88 Å². The molecule has 0 bridgehead atoms. The Kier molecular flexibility index (Phi) is 7.84. The average molecular weight is 534 g/mol. The Labute approximate surface area is 229 Å². The maximum atomic E-state index is 11.7. The monoisotopic (exact) mass is 533 g/mol. The lowest BCUT2D eigenvalue weighted by atomic mass is 9.94. The molecule has 3 aromatic carbocycles. The molecule has 0 aliphatic carbocycles. The number of benzene rings is 3. The van der Waals surface area contributed by atoms with E-state index in [1.165, 1.54) is 0 Å². The Balaban J connectivity index is 1.52. The molecule has 1 aliphatic heterocycles. The SMILES string of the molecule is CCC(C)Oc1cc2c(c3ccccc13)C(/C=C\Cl)CN2C(O)c1cc2cc(OCCN(C)C)ccc2[nH]1. The van der Waals surface area contributed by atoms with Crippen LogP contribution in [0.2, 0.25) is 0 Å². The van der Waals surface area contributed by atoms with E-state index in [2.05, 4.69) is 41.9 Å². The maximum absolute atomic E-state index is 11.7. The van der Waals surface area contributed by atoms with E-state index >= 15 is 0 Å². The molecule has 3 unspecified atom stereocenters. The van der Waals surface area contributed by atoms with Crippen LogP contribution in [0.25, 0.3) is 21.7 Å². The molecule has 0 amide bonds. The minimum absolute atomic E-state index is 0.0424. The zero-order chi connectivity index (χ0) is 26.8. The normalized spacial score (nSPS) is 17.0. The van der Waals surface area contributed by atoms with Crippen LogP contribution in [0.3, 0.4) is 0 Å². The van der Waals surface area contributed by atoms with Gasteiger partial charge in [-0.3, -0.25) is 0 Å². The summed E-state index contributed by atoms with van der Waals surface area (Å²) in [6.07, 6.45) is 2.12. The van der Waals surface area contributed by atoms with Crippen LogP contribution in [0.1, 0.15) is 43.7 Å². The molecule has 5 rings (SSSR count). The molecule has 1 aliphatic rings. The number of halogens is 1. The molecule has 6 nitrogen and oxygen atoms in total. The first-order valence-corrected chi connectivity index (χ1v) is 13.7. The summed E-state index contributed by atoms with van der Waals surface area (Å²) in [5.74, 6) is 1.69. The van der Waals surface area contributed by atoms with Crippen molar-refractivity contribution in [1.29, 1.82) is 0 Å². The van der Waals surface area contributed by atoms with Gasteiger partial charge in [0.15, 0.2) is 6.23 Å². The second-order valence-electron chi connectivity index (χ2n) is 10.3. The highest BCUT2D eigenvalue weighted by atomic mass is 35.5. The number of aliphatic hydroxyl groups is 1. The van der Waals surface area contributed by atoms with Crippen LogP contribution >= 0.6 is 11.6 Å². The van der Waals surface area contributed by atoms with Gasteiger partial charge >= 0.3 is 0 Å². The summed E-state index contributed by atoms with van der Waals surface area (Å²) in [6.45, 7) is 6.26. The minimum atomic E-state index is -0.870. The Hall–Kier alpha value is -3.19. The molecule has 200 valence electrons. The lowest BCUT2D eigenvalue weighted by Gasteiger charge is -2.26. The fourth-order valence-corrected chi connectivity index (χ4v) is 5.31. The summed E-state index contributed by atoms with van der Waals surface area (Å²) in [5, 5.41) is 14.9. The summed E-state index contributed by atoms with van der Waals surface area (Å²) in [4.78, 5) is 7.54. The summed E-state index contributed by atoms with van der Waals surface area (Å²) in [5.41, 5.74) is 5.37. The topological polar surface area (TPSA) is 61.0 Å². The second kappa shape index (κ2) is 11.3. The number of likely N-dealkylation sites (N-methyl/N-ethyl adjacent to an activating group) is 1. The van der Waals surface area contributed by atoms with Crippen LogP contribution in [0.15, 0.2) is 66.2 Å². The van der Waals surface area contributed by atoms with Gasteiger partial charge < -0.3 is 29.4 Å². The summed E-state index contributed by atoms with van der Waals surface area (Å²) in [6, 6.07) is 18.4. The molecule has 0 spiro atoms. The molecule has 4 aromatic rings. The number of nitrogens with zero attached hydrogens (tertiary/aromatic N) is 2. The second-order valence-corrected chi connectivity index (χ2v) is 10.5. The third kappa shape index (κ3) is 5.21. The molecular weight excluding hydrogens is 498 g/mol. The predicted molar refractivity (Wildman–Crippen MR) is 157 cm³/mol. The average Bonchev–Trinajstić information content (AvgIpc) is 3.50. The van der Waals surface area contributed by atoms with Gasteiger partial charge in [-0.1, -0.05) is 48.9 Å². The number of aromatic amines is 1. The molecule has 2 heterocycles. The number of aromatic nitrogens is 1. The van der Waals surface area contributed by atoms with Gasteiger partial charge in [-0.15, -0.1) is 0 Å². The zero-order valence-electron chi connectivity index (χ0n) is 22.4. The molecule has 3 atom stereocenters. The van der Waals surface area contributed by atoms with Gasteiger partial charge in [0.2, 0.25) is 0 Å². The minimum Gasteiger partial charge on any atom is -0.492 e. The molecule has 0 saturated carbocycles. The number of hydrogen-bond donors (Lipinski definition) is 2. The number of anilines is 1. The maximum Gasteiger partial charge on any atom is 0.168 e. The first-order valence-electron chi connectivity index (χ1n) is 13.2. The Morgan fingerprint density at radius 3 is 2.68 bits per heavy atom. The zero-order valence-corrected chi connectivity index (χ0v) is 23.2. The van der Waals surface area contributed by atoms with Crippen LogP contribution in [0, 0.1) is 0 Å². The van der Waals surface area contributed by atoms with E-state index in [-0.39, 0.29) is 12.0 Å². The quantitative estimate of drug-likeness (QED) is 0.235. The largest absolute Gasteiger partial charge is 0.492 e. The van der Waals surface area contributed by atoms with E-state index in [1.54, 1.807) is 5.54 Å². The van der Waals surface area contributed by atoms with Crippen molar-refractivity contribution in [2.75, 3.05) is 38.7 Å². The van der Waals surface area contributed by atoms with Gasteiger partial charge in [-0.2, -0.15) is 0 Å². The lowest BCUT2D eigenvalue weighted by Crippen LogP contribution is -2.27. The van der Waals surface area contributed by atoms with E-state index in [9.17, 15) is 5.11 Å². The molecule has 0 radical (unpaired) electrons. The lowest BCUT2D eigenvalue weighted by molar-refractivity contribution is 0.169. The van der Waals surface area contributed by atoms with Crippen molar-refractivity contribution in [3.63, 3.8) is 0 Å². The smallest absolute Gasteiger partial charge is 0.168 e. The summed E-state index contributed by atoms with van der Waals surface area (Å²) in [7, 11) is 4.05. The third-order valence-electron chi connectivity index (χ3n) is 7.30. The van der Waals surface area contributed by atoms with Crippen molar-refractivity contribution < 1.29 is 14.6 Å². The van der Waals surface area contributed by atoms with E-state index in [1.807, 2.05) is 61.5 Å². The van der Waals surface area contributed by atoms with Crippen LogP contribution < -0.4 is 14.4 Å². The third-order valence-corrected chi connectivity index (χ3v) is 7.45. The fraction of sp³-hybridized carbons (Fsp3) is 0.355. The number of fused-ring (bicyclic) bond motifs is 4. The Bertz CT molecular complexity index is 1450. The fourth-order valence-electron chi connectivity index (χ4n) is 5.13. The van der Waals surface area contributed by atoms with Gasteiger partial charge in [-0.25, -0.2) is 0 Å². The van der Waals surface area contributed by atoms with Gasteiger partial charge in [0.25, 0.3) is 0 Å². The number of hydrogen-bond acceptors (Lipinski definition) is 5. The highest BCUT2D eigenvalue weighted by Gasteiger charge is 2.35. The van der Waals surface area contributed by atoms with E-state index in [0.717, 1.165) is 63.1 Å². The molecule has 0 fully saturated rings. The number of rotatable bonds is 10. The summed E-state index contributed by atoms with van der Waals surface area (Å²) < 4.78 is 12.3. The van der Waals surface area contributed by atoms with Gasteiger partial charge in [0, 0.05) is 52.6 Å². The first-order chi connectivity index (χ1) is 18.4. The van der Waals surface area contributed by atoms with Crippen molar-refractivity contribution in [2.24, 2.45) is 0 Å². The van der Waals surface area contributed by atoms with Crippen molar-refractivity contribution in [2.45, 2.75) is 38.5 Å². The number of ether oxygens (including phenoxy) is 2. The van der Waals surface area contributed by atoms with E-state index in [0.29, 0.717) is 13.2 Å². The van der Waals surface area contributed by atoms with Gasteiger partial charge in [0.05, 0.1) is 11.8 Å². The van der Waals surface area contributed by atoms with Crippen LogP contribution in [-0.2, 0) is 0 Å². The van der Waals surface area contributed by atoms with Crippen molar-refractivity contribution in [3.05, 3.63) is 77.5 Å². The molecule has 1 aromatic heterocycles. The molecule has 2 N–H and O–H groups in total. The Morgan fingerprint density at radius 1 is 1.16 bits per heavy atom. The van der Waals surface area contributed by atoms with Crippen LogP contribution in [0.4, 0.5) is 5.69 Å². The van der Waals surface area contributed by atoms with Crippen LogP contribution in [0.5, 0.6) is 11.5 Å². The molecule has 38 heavy (non-hydrogen) atoms. The molecular formula is C31H36ClN3O3. The summed E-state index contributed by atoms with van der Waals surface area (Å²) >= 11 is 6.08. The van der Waals surface area contributed by atoms with Gasteiger partial charge in [-0.05, 0) is 62.7 Å². The van der Waals surface area contributed by atoms with Crippen molar-refractivity contribution >= 4 is 39.0 Å². The van der Waals surface area contributed by atoms with E-state index in [4.69, 9.17) is 21.1 Å². The molecule has 0 saturated heterocycles. The van der Waals surface area contributed by atoms with Crippen LogP contribution in [-0.4, -0.2) is 54.9 Å². The Morgan fingerprint density at radius 2 is 1.95 bits per heavy atom. The van der Waals surface area contributed by atoms with E-state index < -0.39 is 6.23 Å². The molecule has 7 heteroatoms. The first kappa shape index (κ1) is 26.4. The number of H-pyrrole nitrogens is 1. The predicted octanol–water partition coefficient (Wildman–Crippen LogP) is 6.79. The highest BCUT2D eigenvalue weighted by molar-refractivity contribution is 6.25. The van der Waals surface area contributed by atoms with Crippen molar-refractivity contribution in [3.8, 4) is 11.5 Å².